The van der Waals surface area contributed by atoms with Crippen molar-refractivity contribution >= 4 is 39.1 Å². The molecule has 1 unspecified atom stereocenters. The van der Waals surface area contributed by atoms with E-state index in [4.69, 9.17) is 0 Å². The Hall–Kier alpha value is -2.32. The van der Waals surface area contributed by atoms with E-state index in [1.54, 1.807) is 6.07 Å². The Bertz CT molecular complexity index is 724. The van der Waals surface area contributed by atoms with Crippen LogP contribution in [-0.2, 0) is 15.9 Å². The lowest BCUT2D eigenvalue weighted by atomic mass is 10.1. The molecule has 2 rings (SSSR count). The van der Waals surface area contributed by atoms with Crippen LogP contribution < -0.4 is 5.32 Å². The highest BCUT2D eigenvalue weighted by Crippen LogP contribution is 2.35. The lowest BCUT2D eigenvalue weighted by Gasteiger charge is -2.09. The monoisotopic (exact) mass is 294 g/mol. The molecule has 0 aliphatic carbocycles. The van der Waals surface area contributed by atoms with Crippen LogP contribution in [0.4, 0.5) is 11.4 Å². The summed E-state index contributed by atoms with van der Waals surface area (Å²) in [6, 6.07) is 6.98. The second kappa shape index (κ2) is 5.35. The molecule has 0 saturated heterocycles. The number of hydrogen-bond acceptors (Lipinski definition) is 4. The summed E-state index contributed by atoms with van der Waals surface area (Å²) in [6.07, 6.45) is 0. The predicted molar refractivity (Wildman–Crippen MR) is 73.9 cm³/mol. The van der Waals surface area contributed by atoms with E-state index in [2.05, 4.69) is 5.32 Å². The largest absolute Gasteiger partial charge is 0.326 e. The minimum Gasteiger partial charge on any atom is -0.326 e. The van der Waals surface area contributed by atoms with Crippen molar-refractivity contribution in [3.05, 3.63) is 40.4 Å². The van der Waals surface area contributed by atoms with Gasteiger partial charge in [0.1, 0.15) is 0 Å². The summed E-state index contributed by atoms with van der Waals surface area (Å²) in [5.41, 5.74) is 0.0671. The van der Waals surface area contributed by atoms with Gasteiger partial charge in [0.15, 0.2) is 11.1 Å². The zero-order valence-corrected chi connectivity index (χ0v) is 11.1. The third-order valence-corrected chi connectivity index (χ3v) is 3.39. The minimum absolute atomic E-state index is 0.0459. The van der Waals surface area contributed by atoms with Gasteiger partial charge in [-0.1, -0.05) is 12.1 Å². The van der Waals surface area contributed by atoms with Crippen molar-refractivity contribution in [2.75, 3.05) is 5.32 Å². The third kappa shape index (κ3) is 2.51. The molecule has 2 aromatic rings. The maximum Gasteiger partial charge on any atom is 0.278 e. The highest BCUT2D eigenvalue weighted by atomic mass is 32.2. The molecule has 0 aromatic heterocycles. The first-order chi connectivity index (χ1) is 9.41. The number of amides is 1. The zero-order chi connectivity index (χ0) is 14.9. The van der Waals surface area contributed by atoms with Gasteiger partial charge in [-0.2, -0.15) is 0 Å². The van der Waals surface area contributed by atoms with Gasteiger partial charge in [-0.15, -0.1) is 0 Å². The van der Waals surface area contributed by atoms with E-state index in [0.717, 1.165) is 0 Å². The Morgan fingerprint density at radius 1 is 1.35 bits per heavy atom. The van der Waals surface area contributed by atoms with Crippen molar-refractivity contribution in [3.63, 3.8) is 0 Å². The molecule has 0 saturated carbocycles. The maximum atomic E-state index is 11.3. The summed E-state index contributed by atoms with van der Waals surface area (Å²) >= 11 is -2.37. The molecular formula is C12H10N2O5S. The summed E-state index contributed by atoms with van der Waals surface area (Å²) in [5.74, 6) is -0.337. The molecule has 0 bridgehead atoms. The van der Waals surface area contributed by atoms with E-state index < -0.39 is 16.0 Å². The molecule has 7 nitrogen and oxygen atoms in total. The molecule has 0 radical (unpaired) electrons. The van der Waals surface area contributed by atoms with E-state index in [0.29, 0.717) is 11.1 Å². The molecule has 104 valence electrons. The second-order valence-electron chi connectivity index (χ2n) is 4.00. The molecule has 0 fully saturated rings. The van der Waals surface area contributed by atoms with Crippen molar-refractivity contribution in [3.8, 4) is 0 Å². The Morgan fingerprint density at radius 3 is 2.60 bits per heavy atom. The average Bonchev–Trinajstić information content (AvgIpc) is 2.37. The molecule has 20 heavy (non-hydrogen) atoms. The van der Waals surface area contributed by atoms with Gasteiger partial charge in [0, 0.05) is 24.1 Å². The summed E-state index contributed by atoms with van der Waals surface area (Å²) in [4.78, 5) is 21.5. The predicted octanol–water partition coefficient (Wildman–Crippen LogP) is 2.29. The number of fused-ring (bicyclic) bond motifs is 1. The molecular weight excluding hydrogens is 284 g/mol. The van der Waals surface area contributed by atoms with Crippen LogP contribution in [0.15, 0.2) is 35.2 Å². The molecule has 8 heteroatoms. The number of non-ortho nitro benzene ring substituents is 1. The van der Waals surface area contributed by atoms with Crippen LogP contribution in [0.5, 0.6) is 0 Å². The number of nitrogens with zero attached hydrogens (tertiary/aromatic N) is 1. The molecule has 0 heterocycles. The first-order valence-corrected chi connectivity index (χ1v) is 6.61. The number of nitro benzene ring substituents is 1. The van der Waals surface area contributed by atoms with E-state index in [-0.39, 0.29) is 21.9 Å². The molecule has 0 aliphatic heterocycles. The van der Waals surface area contributed by atoms with E-state index >= 15 is 0 Å². The number of nitrogens with one attached hydrogen (secondary N) is 1. The highest BCUT2D eigenvalue weighted by Gasteiger charge is 2.20. The fourth-order valence-corrected chi connectivity index (χ4v) is 2.54. The Morgan fingerprint density at radius 2 is 2.05 bits per heavy atom. The number of rotatable bonds is 3. The van der Waals surface area contributed by atoms with Crippen molar-refractivity contribution < 1.29 is 18.5 Å². The minimum atomic E-state index is -2.37. The van der Waals surface area contributed by atoms with E-state index in [1.807, 2.05) is 0 Å². The zero-order valence-electron chi connectivity index (χ0n) is 10.3. The summed E-state index contributed by atoms with van der Waals surface area (Å²) < 4.78 is 20.6. The summed E-state index contributed by atoms with van der Waals surface area (Å²) in [6.45, 7) is 1.31. The summed E-state index contributed by atoms with van der Waals surface area (Å²) in [7, 11) is 0. The number of hydrogen-bond donors (Lipinski definition) is 2. The van der Waals surface area contributed by atoms with E-state index in [9.17, 15) is 23.7 Å². The first kappa shape index (κ1) is 14.1. The average molecular weight is 294 g/mol. The quantitative estimate of drug-likeness (QED) is 0.512. The van der Waals surface area contributed by atoms with Crippen LogP contribution >= 0.6 is 0 Å². The number of nitro groups is 1. The van der Waals surface area contributed by atoms with Gasteiger partial charge in [0.25, 0.3) is 5.69 Å². The number of benzene rings is 2. The van der Waals surface area contributed by atoms with Crippen molar-refractivity contribution in [1.29, 1.82) is 0 Å². The topological polar surface area (TPSA) is 110 Å². The lowest BCUT2D eigenvalue weighted by Crippen LogP contribution is -2.07. The van der Waals surface area contributed by atoms with Crippen LogP contribution in [0.25, 0.3) is 10.8 Å². The van der Waals surface area contributed by atoms with Gasteiger partial charge in [-0.25, -0.2) is 4.21 Å². The van der Waals surface area contributed by atoms with E-state index in [1.165, 1.54) is 31.2 Å². The number of anilines is 1. The van der Waals surface area contributed by atoms with Crippen molar-refractivity contribution in [2.24, 2.45) is 0 Å². The molecule has 0 spiro atoms. The number of carbonyl (C=O) groups is 1. The smallest absolute Gasteiger partial charge is 0.278 e. The van der Waals surface area contributed by atoms with Crippen molar-refractivity contribution in [1.82, 2.24) is 0 Å². The van der Waals surface area contributed by atoms with Gasteiger partial charge in [0.2, 0.25) is 5.91 Å². The molecule has 1 amide bonds. The normalized spacial score (nSPS) is 12.1. The van der Waals surface area contributed by atoms with Gasteiger partial charge in [0.05, 0.1) is 15.2 Å². The fourth-order valence-electron chi connectivity index (χ4n) is 1.95. The molecule has 2 N–H and O–H groups in total. The van der Waals surface area contributed by atoms with Crippen LogP contribution in [0, 0.1) is 10.1 Å². The van der Waals surface area contributed by atoms with Crippen LogP contribution in [0.2, 0.25) is 0 Å². The van der Waals surface area contributed by atoms with Gasteiger partial charge in [-0.05, 0) is 12.1 Å². The Balaban J connectivity index is 2.87. The van der Waals surface area contributed by atoms with Gasteiger partial charge < -0.3 is 9.87 Å². The molecule has 2 aromatic carbocycles. The van der Waals surface area contributed by atoms with Crippen LogP contribution in [0.3, 0.4) is 0 Å². The lowest BCUT2D eigenvalue weighted by molar-refractivity contribution is -0.383. The number of carbonyl (C=O) groups excluding carboxylic acids is 1. The summed E-state index contributed by atoms with van der Waals surface area (Å²) in [5, 5.41) is 14.0. The first-order valence-electron chi connectivity index (χ1n) is 5.50. The molecule has 1 atom stereocenters. The van der Waals surface area contributed by atoms with Gasteiger partial charge >= 0.3 is 0 Å². The standard InChI is InChI=1S/C12H10N2O5S/c1-7(15)13-9-5-6-10(14(16)17)12-8(9)3-2-4-11(12)20(18)19/h2-6H,1H3,(H,13,15)(H,18,19). The Kier molecular flexibility index (Phi) is 3.77. The second-order valence-corrected chi connectivity index (χ2v) is 4.94. The molecule has 0 aliphatic rings. The van der Waals surface area contributed by atoms with Gasteiger partial charge in [-0.3, -0.25) is 14.9 Å². The fraction of sp³-hybridized carbons (Fsp3) is 0.0833. The highest BCUT2D eigenvalue weighted by molar-refractivity contribution is 7.79. The van der Waals surface area contributed by atoms with Crippen LogP contribution in [0.1, 0.15) is 6.92 Å². The maximum absolute atomic E-state index is 11.3. The SMILES string of the molecule is CC(=O)Nc1ccc([N+](=O)[O-])c2c(S(=O)O)cccc12. The van der Waals surface area contributed by atoms with Crippen LogP contribution in [-0.4, -0.2) is 19.6 Å². The van der Waals surface area contributed by atoms with Crippen molar-refractivity contribution in [2.45, 2.75) is 11.8 Å². The Labute approximate surface area is 116 Å². The third-order valence-electron chi connectivity index (χ3n) is 2.68.